The lowest BCUT2D eigenvalue weighted by molar-refractivity contribution is -0.118. The van der Waals surface area contributed by atoms with Crippen LogP contribution in [-0.2, 0) is 9.59 Å². The van der Waals surface area contributed by atoms with E-state index in [1.165, 1.54) is 18.3 Å². The van der Waals surface area contributed by atoms with Gasteiger partial charge in [0.05, 0.1) is 5.69 Å². The van der Waals surface area contributed by atoms with E-state index in [9.17, 15) is 9.59 Å². The number of carbonyl (C=O) groups is 2. The number of ether oxygens (including phenoxy) is 2. The van der Waals surface area contributed by atoms with Crippen molar-refractivity contribution in [2.75, 3.05) is 23.8 Å². The van der Waals surface area contributed by atoms with Crippen molar-refractivity contribution in [1.29, 1.82) is 0 Å². The number of rotatable bonds is 9. The Hall–Kier alpha value is -4.18. The molecule has 0 radical (unpaired) electrons. The number of amides is 2. The molecule has 0 saturated carbocycles. The summed E-state index contributed by atoms with van der Waals surface area (Å²) in [5.74, 6) is 0.642. The molecule has 0 atom stereocenters. The first kappa shape index (κ1) is 22.0. The number of anilines is 2. The number of nitrogens with one attached hydrogen (secondary N) is 2. The van der Waals surface area contributed by atoms with Crippen molar-refractivity contribution in [2.24, 2.45) is 0 Å². The fourth-order valence-corrected chi connectivity index (χ4v) is 3.83. The lowest BCUT2D eigenvalue weighted by Gasteiger charge is -2.11. The van der Waals surface area contributed by atoms with Gasteiger partial charge >= 0.3 is 0 Å². The van der Waals surface area contributed by atoms with Gasteiger partial charge in [0.15, 0.2) is 18.1 Å². The number of carbonyl (C=O) groups excluding carboxylic acids is 2. The van der Waals surface area contributed by atoms with Crippen LogP contribution in [0.1, 0.15) is 6.92 Å². The first-order valence-electron chi connectivity index (χ1n) is 10.0. The fraction of sp³-hybridized carbons (Fsp3) is 0.130. The van der Waals surface area contributed by atoms with Crippen molar-refractivity contribution in [3.05, 3.63) is 66.6 Å². The molecule has 0 spiro atoms. The van der Waals surface area contributed by atoms with Gasteiger partial charge in [0, 0.05) is 23.6 Å². The average Bonchev–Trinajstić information content (AvgIpc) is 3.37. The van der Waals surface area contributed by atoms with Gasteiger partial charge in [0.25, 0.3) is 11.9 Å². The third-order valence-electron chi connectivity index (χ3n) is 4.40. The molecular weight excluding hydrogens is 442 g/mol. The summed E-state index contributed by atoms with van der Waals surface area (Å²) in [5.41, 5.74) is 2.43. The third-order valence-corrected chi connectivity index (χ3v) is 5.21. The number of hydrogen-bond donors (Lipinski definition) is 2. The number of thiazole rings is 1. The standard InChI is InChI=1S/C23H21N5O4S/c1-3-12-31-19-6-4-5-7-20(19)32-13-21(30)25-22-26-23-28(27-22)18(14-33-23)16-8-10-17(11-9-16)24-15(2)29/h3-11,14H,1,12-13H2,2H3,(H,24,29)(H,25,27,30). The Labute approximate surface area is 193 Å². The highest BCUT2D eigenvalue weighted by atomic mass is 32.1. The summed E-state index contributed by atoms with van der Waals surface area (Å²) in [6, 6.07) is 14.5. The molecule has 2 N–H and O–H groups in total. The predicted molar refractivity (Wildman–Crippen MR) is 127 cm³/mol. The van der Waals surface area contributed by atoms with Crippen molar-refractivity contribution in [3.63, 3.8) is 0 Å². The second kappa shape index (κ2) is 9.96. The minimum absolute atomic E-state index is 0.130. The van der Waals surface area contributed by atoms with Gasteiger partial charge in [-0.15, -0.1) is 16.4 Å². The van der Waals surface area contributed by atoms with Crippen molar-refractivity contribution in [1.82, 2.24) is 14.6 Å². The zero-order chi connectivity index (χ0) is 23.2. The van der Waals surface area contributed by atoms with Gasteiger partial charge in [0.2, 0.25) is 10.9 Å². The largest absolute Gasteiger partial charge is 0.486 e. The summed E-state index contributed by atoms with van der Waals surface area (Å²) in [6.07, 6.45) is 1.63. The van der Waals surface area contributed by atoms with Crippen LogP contribution >= 0.6 is 11.3 Å². The third kappa shape index (κ3) is 5.36. The zero-order valence-electron chi connectivity index (χ0n) is 17.8. The quantitative estimate of drug-likeness (QED) is 0.364. The van der Waals surface area contributed by atoms with E-state index >= 15 is 0 Å². The Morgan fingerprint density at radius 1 is 1.09 bits per heavy atom. The topological polar surface area (TPSA) is 107 Å². The normalized spacial score (nSPS) is 10.6. The summed E-state index contributed by atoms with van der Waals surface area (Å²) < 4.78 is 12.8. The molecule has 0 unspecified atom stereocenters. The van der Waals surface area contributed by atoms with E-state index < -0.39 is 5.91 Å². The highest BCUT2D eigenvalue weighted by Gasteiger charge is 2.14. The van der Waals surface area contributed by atoms with Crippen LogP contribution in [0.25, 0.3) is 16.2 Å². The maximum absolute atomic E-state index is 12.4. The summed E-state index contributed by atoms with van der Waals surface area (Å²) in [6.45, 7) is 5.19. The van der Waals surface area contributed by atoms with E-state index in [4.69, 9.17) is 9.47 Å². The van der Waals surface area contributed by atoms with Crippen LogP contribution in [0, 0.1) is 0 Å². The summed E-state index contributed by atoms with van der Waals surface area (Å²) in [5, 5.41) is 11.7. The minimum Gasteiger partial charge on any atom is -0.486 e. The van der Waals surface area contributed by atoms with Gasteiger partial charge in [-0.3, -0.25) is 14.9 Å². The molecule has 2 aromatic heterocycles. The summed E-state index contributed by atoms with van der Waals surface area (Å²) in [4.78, 5) is 28.6. The van der Waals surface area contributed by atoms with Gasteiger partial charge < -0.3 is 14.8 Å². The van der Waals surface area contributed by atoms with Crippen LogP contribution in [0.15, 0.2) is 66.6 Å². The Kier molecular flexibility index (Phi) is 6.65. The molecule has 0 aliphatic rings. The summed E-state index contributed by atoms with van der Waals surface area (Å²) >= 11 is 1.40. The van der Waals surface area contributed by atoms with Crippen molar-refractivity contribution in [3.8, 4) is 22.8 Å². The molecule has 9 nitrogen and oxygen atoms in total. The van der Waals surface area contributed by atoms with E-state index in [2.05, 4.69) is 27.3 Å². The maximum Gasteiger partial charge on any atom is 0.264 e. The van der Waals surface area contributed by atoms with Gasteiger partial charge in [-0.2, -0.15) is 4.98 Å². The molecule has 2 aromatic carbocycles. The Morgan fingerprint density at radius 3 is 2.52 bits per heavy atom. The second-order valence-electron chi connectivity index (χ2n) is 6.89. The lowest BCUT2D eigenvalue weighted by Crippen LogP contribution is -2.21. The van der Waals surface area contributed by atoms with E-state index in [0.29, 0.717) is 28.8 Å². The van der Waals surface area contributed by atoms with E-state index in [1.807, 2.05) is 35.7 Å². The smallest absolute Gasteiger partial charge is 0.264 e. The molecular formula is C23H21N5O4S. The monoisotopic (exact) mass is 463 g/mol. The first-order chi connectivity index (χ1) is 16.0. The van der Waals surface area contributed by atoms with Crippen LogP contribution in [0.4, 0.5) is 11.6 Å². The molecule has 0 aliphatic carbocycles. The minimum atomic E-state index is -0.395. The first-order valence-corrected chi connectivity index (χ1v) is 10.9. The van der Waals surface area contributed by atoms with Crippen LogP contribution in [0.5, 0.6) is 11.5 Å². The van der Waals surface area contributed by atoms with E-state index in [0.717, 1.165) is 11.3 Å². The molecule has 168 valence electrons. The molecule has 2 amide bonds. The van der Waals surface area contributed by atoms with E-state index in [1.54, 1.807) is 28.8 Å². The summed E-state index contributed by atoms with van der Waals surface area (Å²) in [7, 11) is 0. The van der Waals surface area contributed by atoms with Crippen molar-refractivity contribution in [2.45, 2.75) is 6.92 Å². The van der Waals surface area contributed by atoms with Crippen LogP contribution < -0.4 is 20.1 Å². The molecule has 0 fully saturated rings. The highest BCUT2D eigenvalue weighted by molar-refractivity contribution is 7.15. The molecule has 4 rings (SSSR count). The fourth-order valence-electron chi connectivity index (χ4n) is 3.00. The SMILES string of the molecule is C=CCOc1ccccc1OCC(=O)Nc1nc2scc(-c3ccc(NC(C)=O)cc3)n2n1. The van der Waals surface area contributed by atoms with Crippen molar-refractivity contribution >= 4 is 39.7 Å². The van der Waals surface area contributed by atoms with Gasteiger partial charge in [-0.05, 0) is 24.3 Å². The number of hydrogen-bond acceptors (Lipinski definition) is 7. The highest BCUT2D eigenvalue weighted by Crippen LogP contribution is 2.28. The van der Waals surface area contributed by atoms with Gasteiger partial charge in [0.1, 0.15) is 6.61 Å². The van der Waals surface area contributed by atoms with E-state index in [-0.39, 0.29) is 18.5 Å². The number of para-hydroxylation sites is 2. The molecule has 33 heavy (non-hydrogen) atoms. The van der Waals surface area contributed by atoms with Crippen molar-refractivity contribution < 1.29 is 19.1 Å². The van der Waals surface area contributed by atoms with Gasteiger partial charge in [-0.25, -0.2) is 4.52 Å². The maximum atomic E-state index is 12.4. The number of fused-ring (bicyclic) bond motifs is 1. The molecule has 2 heterocycles. The van der Waals surface area contributed by atoms with Crippen LogP contribution in [0.2, 0.25) is 0 Å². The Balaban J connectivity index is 1.42. The average molecular weight is 464 g/mol. The lowest BCUT2D eigenvalue weighted by atomic mass is 10.1. The molecule has 0 bridgehead atoms. The molecule has 10 heteroatoms. The number of nitrogens with zero attached hydrogens (tertiary/aromatic N) is 3. The molecule has 0 saturated heterocycles. The van der Waals surface area contributed by atoms with Crippen LogP contribution in [0.3, 0.4) is 0 Å². The predicted octanol–water partition coefficient (Wildman–Crippen LogP) is 4.00. The Bertz CT molecular complexity index is 1300. The second-order valence-corrected chi connectivity index (χ2v) is 7.73. The number of benzene rings is 2. The van der Waals surface area contributed by atoms with Crippen LogP contribution in [-0.4, -0.2) is 39.6 Å². The Morgan fingerprint density at radius 2 is 1.82 bits per heavy atom. The van der Waals surface area contributed by atoms with Gasteiger partial charge in [-0.1, -0.05) is 36.9 Å². The number of aromatic nitrogens is 3. The molecule has 0 aliphatic heterocycles. The molecule has 4 aromatic rings. The zero-order valence-corrected chi connectivity index (χ0v) is 18.6.